The third kappa shape index (κ3) is 14.5. The number of unbranched alkanes of at least 4 members (excludes halogenated alkanes) is 4. The molecule has 2 N–H and O–H groups in total. The summed E-state index contributed by atoms with van der Waals surface area (Å²) in [5.41, 5.74) is 4.09. The fourth-order valence-electron chi connectivity index (χ4n) is 6.91. The Labute approximate surface area is 363 Å². The predicted octanol–water partition coefficient (Wildman–Crippen LogP) is 10.7. The molecule has 0 bridgehead atoms. The van der Waals surface area contributed by atoms with Crippen molar-refractivity contribution in [1.29, 1.82) is 0 Å². The number of aryl methyl sites for hydroxylation is 2. The van der Waals surface area contributed by atoms with Gasteiger partial charge in [-0.15, -0.1) is 0 Å². The van der Waals surface area contributed by atoms with Crippen LogP contribution in [0.1, 0.15) is 69.8 Å². The van der Waals surface area contributed by atoms with Crippen molar-refractivity contribution in [2.24, 2.45) is 0 Å². The summed E-state index contributed by atoms with van der Waals surface area (Å²) in [6.07, 6.45) is 1.89. The molecule has 4 aromatic carbocycles. The van der Waals surface area contributed by atoms with Crippen molar-refractivity contribution < 1.29 is 56.3 Å². The first-order valence-electron chi connectivity index (χ1n) is 21.0. The molecule has 16 heteroatoms. The lowest BCUT2D eigenvalue weighted by Crippen LogP contribution is -2.06. The lowest BCUT2D eigenvalue weighted by Gasteiger charge is -2.11. The van der Waals surface area contributed by atoms with Crippen LogP contribution in [-0.4, -0.2) is 81.9 Å². The second kappa shape index (κ2) is 24.0. The second-order valence-electron chi connectivity index (χ2n) is 14.9. The summed E-state index contributed by atoms with van der Waals surface area (Å²) in [6, 6.07) is 22.6. The molecule has 12 nitrogen and oxygen atoms in total. The first kappa shape index (κ1) is 48.0. The summed E-state index contributed by atoms with van der Waals surface area (Å²) in [5.74, 6) is 0.936. The highest BCUT2D eigenvalue weighted by atomic mass is 19.4. The van der Waals surface area contributed by atoms with E-state index in [1.165, 1.54) is 24.3 Å². The zero-order chi connectivity index (χ0) is 45.2. The minimum atomic E-state index is -4.39. The Balaban J connectivity index is 0.000000239. The molecule has 0 aliphatic rings. The Morgan fingerprint density at radius 3 is 1.40 bits per heavy atom. The number of hydrogen-bond donors (Lipinski definition) is 2. The van der Waals surface area contributed by atoms with E-state index in [2.05, 4.69) is 9.55 Å². The number of aliphatic carboxylic acids is 2. The summed E-state index contributed by atoms with van der Waals surface area (Å²) in [4.78, 5) is 30.6. The number of rotatable bonds is 24. The monoisotopic (exact) mass is 878 g/mol. The van der Waals surface area contributed by atoms with E-state index in [1.54, 1.807) is 26.4 Å². The number of carboxylic acid groups (broad SMARTS) is 2. The van der Waals surface area contributed by atoms with E-state index in [4.69, 9.17) is 34.1 Å². The smallest absolute Gasteiger partial charge is 0.416 e. The van der Waals surface area contributed by atoms with Gasteiger partial charge in [0, 0.05) is 76.6 Å². The molecule has 0 fully saturated rings. The molecule has 0 aliphatic heterocycles. The summed E-state index contributed by atoms with van der Waals surface area (Å²) >= 11 is 0. The van der Waals surface area contributed by atoms with E-state index >= 15 is 0 Å². The van der Waals surface area contributed by atoms with Gasteiger partial charge in [-0.25, -0.2) is 14.4 Å². The molecule has 0 spiro atoms. The van der Waals surface area contributed by atoms with E-state index < -0.39 is 23.7 Å². The average Bonchev–Trinajstić information content (AvgIpc) is 3.81. The van der Waals surface area contributed by atoms with Crippen LogP contribution < -0.4 is 9.47 Å². The van der Waals surface area contributed by atoms with Crippen LogP contribution in [0.4, 0.5) is 17.6 Å². The van der Waals surface area contributed by atoms with Crippen molar-refractivity contribution in [1.82, 2.24) is 19.1 Å². The third-order valence-electron chi connectivity index (χ3n) is 10.1. The SMILES string of the molecule is COCCCn1c(-c2ccc(C(F)(F)F)cc2)nc2ccc(OCCCCCC(=O)O)cc21.COCCCn1c(-c2ccc(F)cc2)nc2ccc(OCCCCCC(=O)O)cc21. The van der Waals surface area contributed by atoms with Crippen LogP contribution in [0.15, 0.2) is 84.9 Å². The highest BCUT2D eigenvalue weighted by molar-refractivity contribution is 5.83. The quantitative estimate of drug-likeness (QED) is 0.0445. The molecular formula is C47H54F4N4O8. The highest BCUT2D eigenvalue weighted by Crippen LogP contribution is 2.33. The summed E-state index contributed by atoms with van der Waals surface area (Å²) in [7, 11) is 3.29. The van der Waals surface area contributed by atoms with Crippen molar-refractivity contribution in [3.63, 3.8) is 0 Å². The van der Waals surface area contributed by atoms with Gasteiger partial charge in [0.15, 0.2) is 0 Å². The maximum absolute atomic E-state index is 13.4. The molecule has 0 unspecified atom stereocenters. The minimum absolute atomic E-state index is 0.152. The normalized spacial score (nSPS) is 11.5. The second-order valence-corrected chi connectivity index (χ2v) is 14.9. The largest absolute Gasteiger partial charge is 0.494 e. The Kier molecular flexibility index (Phi) is 18.3. The van der Waals surface area contributed by atoms with Crippen LogP contribution in [0.2, 0.25) is 0 Å². The molecule has 2 aromatic heterocycles. The van der Waals surface area contributed by atoms with Gasteiger partial charge in [-0.2, -0.15) is 13.2 Å². The van der Waals surface area contributed by atoms with Gasteiger partial charge < -0.3 is 38.3 Å². The molecule has 0 aliphatic carbocycles. The molecule has 0 saturated heterocycles. The van der Waals surface area contributed by atoms with Gasteiger partial charge in [-0.1, -0.05) is 12.1 Å². The Morgan fingerprint density at radius 1 is 0.571 bits per heavy atom. The van der Waals surface area contributed by atoms with Crippen molar-refractivity contribution in [3.05, 3.63) is 96.3 Å². The van der Waals surface area contributed by atoms with Crippen molar-refractivity contribution in [2.45, 2.75) is 83.5 Å². The van der Waals surface area contributed by atoms with Crippen molar-refractivity contribution in [3.8, 4) is 34.3 Å². The molecule has 0 atom stereocenters. The Morgan fingerprint density at radius 2 is 1.00 bits per heavy atom. The molecule has 6 rings (SSSR count). The maximum Gasteiger partial charge on any atom is 0.416 e. The van der Waals surface area contributed by atoms with Crippen LogP contribution in [0, 0.1) is 5.82 Å². The number of hydrogen-bond acceptors (Lipinski definition) is 8. The van der Waals surface area contributed by atoms with Crippen LogP contribution in [0.3, 0.4) is 0 Å². The molecule has 0 radical (unpaired) electrons. The number of methoxy groups -OCH3 is 2. The molecule has 2 heterocycles. The lowest BCUT2D eigenvalue weighted by molar-refractivity contribution is -0.138. The number of alkyl halides is 3. The lowest BCUT2D eigenvalue weighted by atomic mass is 10.1. The Bertz CT molecular complexity index is 2360. The highest BCUT2D eigenvalue weighted by Gasteiger charge is 2.30. The fraction of sp³-hybridized carbons (Fsp3) is 0.404. The van der Waals surface area contributed by atoms with E-state index in [1.807, 2.05) is 41.0 Å². The number of ether oxygens (including phenoxy) is 4. The van der Waals surface area contributed by atoms with Gasteiger partial charge >= 0.3 is 18.1 Å². The molecule has 338 valence electrons. The summed E-state index contributed by atoms with van der Waals surface area (Å²) in [6.45, 7) is 3.48. The van der Waals surface area contributed by atoms with Crippen LogP contribution in [0.5, 0.6) is 11.5 Å². The maximum atomic E-state index is 13.4. The number of nitrogens with zero attached hydrogens (tertiary/aromatic N) is 4. The van der Waals surface area contributed by atoms with E-state index in [0.717, 1.165) is 90.0 Å². The van der Waals surface area contributed by atoms with Gasteiger partial charge in [0.2, 0.25) is 0 Å². The number of aromatic nitrogens is 4. The zero-order valence-corrected chi connectivity index (χ0v) is 35.5. The summed E-state index contributed by atoms with van der Waals surface area (Å²) in [5, 5.41) is 17.4. The number of benzene rings is 4. The number of halogens is 4. The van der Waals surface area contributed by atoms with Gasteiger partial charge in [0.05, 0.1) is 40.8 Å². The van der Waals surface area contributed by atoms with E-state index in [-0.39, 0.29) is 18.7 Å². The molecule has 0 amide bonds. The van der Waals surface area contributed by atoms with Crippen LogP contribution in [-0.2, 0) is 38.3 Å². The van der Waals surface area contributed by atoms with E-state index in [0.29, 0.717) is 69.4 Å². The molecule has 6 aromatic rings. The Hall–Kier alpha value is -6.00. The zero-order valence-electron chi connectivity index (χ0n) is 35.5. The van der Waals surface area contributed by atoms with Crippen molar-refractivity contribution in [2.75, 3.05) is 40.6 Å². The van der Waals surface area contributed by atoms with Gasteiger partial charge in [0.25, 0.3) is 0 Å². The van der Waals surface area contributed by atoms with E-state index in [9.17, 15) is 27.2 Å². The summed E-state index contributed by atoms with van der Waals surface area (Å²) < 4.78 is 78.3. The number of fused-ring (bicyclic) bond motifs is 2. The number of carboxylic acids is 2. The van der Waals surface area contributed by atoms with Crippen molar-refractivity contribution >= 4 is 34.0 Å². The standard InChI is InChI=1S/C24H27F3N2O4.C23H27FN2O4/c1-32-14-5-13-29-21-16-19(33-15-4-2-3-6-22(30)31)11-12-20(21)28-23(29)17-7-9-18(10-8-17)24(25,26)27;1-29-14-5-13-26-21-16-19(30-15-4-2-3-6-22(27)28)11-12-20(21)25-23(26)17-7-9-18(24)10-8-17/h7-12,16H,2-6,13-15H2,1H3,(H,30,31);7-12,16H,2-6,13-15H2,1H3,(H,27,28). The molecule has 63 heavy (non-hydrogen) atoms. The van der Waals surface area contributed by atoms with Gasteiger partial charge in [-0.3, -0.25) is 9.59 Å². The fourth-order valence-corrected chi connectivity index (χ4v) is 6.91. The van der Waals surface area contributed by atoms with Gasteiger partial charge in [-0.05, 0) is 112 Å². The number of imidazole rings is 2. The average molecular weight is 879 g/mol. The first-order valence-corrected chi connectivity index (χ1v) is 21.0. The number of carbonyl (C=O) groups is 2. The van der Waals surface area contributed by atoms with Crippen LogP contribution >= 0.6 is 0 Å². The van der Waals surface area contributed by atoms with Gasteiger partial charge in [0.1, 0.15) is 29.0 Å². The third-order valence-corrected chi connectivity index (χ3v) is 10.1. The topological polar surface area (TPSA) is 147 Å². The predicted molar refractivity (Wildman–Crippen MR) is 231 cm³/mol. The molecular weight excluding hydrogens is 825 g/mol. The molecule has 0 saturated carbocycles. The first-order chi connectivity index (χ1) is 30.4. The van der Waals surface area contributed by atoms with Crippen LogP contribution in [0.25, 0.3) is 44.8 Å². The minimum Gasteiger partial charge on any atom is -0.494 e.